The third-order valence-electron chi connectivity index (χ3n) is 5.33. The molecule has 0 saturated heterocycles. The summed E-state index contributed by atoms with van der Waals surface area (Å²) in [6, 6.07) is 23.2. The van der Waals surface area contributed by atoms with Crippen LogP contribution in [0.4, 0.5) is 4.39 Å². The van der Waals surface area contributed by atoms with E-state index < -0.39 is 0 Å². The highest BCUT2D eigenvalue weighted by Crippen LogP contribution is 2.39. The van der Waals surface area contributed by atoms with Gasteiger partial charge in [0.15, 0.2) is 6.20 Å². The van der Waals surface area contributed by atoms with Crippen molar-refractivity contribution in [3.05, 3.63) is 90.4 Å². The van der Waals surface area contributed by atoms with Gasteiger partial charge in [0, 0.05) is 22.9 Å². The zero-order valence-electron chi connectivity index (χ0n) is 15.7. The summed E-state index contributed by atoms with van der Waals surface area (Å²) in [6.07, 6.45) is 2.03. The summed E-state index contributed by atoms with van der Waals surface area (Å²) in [7, 11) is 2.03. The van der Waals surface area contributed by atoms with Crippen LogP contribution >= 0.6 is 0 Å². The van der Waals surface area contributed by atoms with E-state index >= 15 is 0 Å². The topological polar surface area (TPSA) is 17.0 Å². The molecule has 2 aromatic heterocycles. The number of hydrogen-bond donors (Lipinski definition) is 0. The van der Waals surface area contributed by atoms with E-state index in [-0.39, 0.29) is 5.82 Å². The molecule has 28 heavy (non-hydrogen) atoms. The average Bonchev–Trinajstić information content (AvgIpc) is 3.05. The van der Waals surface area contributed by atoms with Crippen molar-refractivity contribution in [3.8, 4) is 22.4 Å². The zero-order chi connectivity index (χ0) is 19.3. The van der Waals surface area contributed by atoms with Gasteiger partial charge in [0.05, 0.1) is 11.1 Å². The van der Waals surface area contributed by atoms with Gasteiger partial charge in [-0.1, -0.05) is 30.3 Å². The van der Waals surface area contributed by atoms with Crippen molar-refractivity contribution in [3.63, 3.8) is 0 Å². The highest BCUT2D eigenvalue weighted by atomic mass is 19.1. The first-order valence-electron chi connectivity index (χ1n) is 9.29. The molecular weight excluding hydrogens is 349 g/mol. The Bertz CT molecular complexity index is 1340. The number of aromatic nitrogens is 1. The van der Waals surface area contributed by atoms with Crippen molar-refractivity contribution in [2.45, 2.75) is 6.92 Å². The monoisotopic (exact) mass is 368 g/mol. The zero-order valence-corrected chi connectivity index (χ0v) is 15.7. The Morgan fingerprint density at radius 2 is 1.64 bits per heavy atom. The molecule has 5 rings (SSSR count). The molecule has 5 aromatic rings. The lowest BCUT2D eigenvalue weighted by atomic mass is 9.99. The summed E-state index contributed by atoms with van der Waals surface area (Å²) in [5, 5.41) is 1.94. The predicted molar refractivity (Wildman–Crippen MR) is 110 cm³/mol. The lowest BCUT2D eigenvalue weighted by Gasteiger charge is -2.04. The molecule has 0 spiro atoms. The Morgan fingerprint density at radius 3 is 2.43 bits per heavy atom. The lowest BCUT2D eigenvalue weighted by molar-refractivity contribution is -0.660. The van der Waals surface area contributed by atoms with Crippen LogP contribution in [0.1, 0.15) is 5.56 Å². The highest BCUT2D eigenvalue weighted by molar-refractivity contribution is 6.10. The van der Waals surface area contributed by atoms with E-state index in [1.165, 1.54) is 6.07 Å². The van der Waals surface area contributed by atoms with Crippen LogP contribution in [-0.2, 0) is 7.05 Å². The van der Waals surface area contributed by atoms with Crippen LogP contribution in [0.25, 0.3) is 44.3 Å². The fourth-order valence-corrected chi connectivity index (χ4v) is 3.92. The molecule has 0 bridgehead atoms. The lowest BCUT2D eigenvalue weighted by Crippen LogP contribution is -2.30. The number of aryl methyl sites for hydroxylation is 2. The molecule has 0 fully saturated rings. The molecular formula is C25H19FNO+. The van der Waals surface area contributed by atoms with Gasteiger partial charge < -0.3 is 4.42 Å². The van der Waals surface area contributed by atoms with Gasteiger partial charge in [-0.05, 0) is 48.4 Å². The summed E-state index contributed by atoms with van der Waals surface area (Å²) < 4.78 is 23.1. The van der Waals surface area contributed by atoms with Gasteiger partial charge in [0.1, 0.15) is 24.0 Å². The SMILES string of the molecule is Cc1cc2c(cc1-c1cccc[n+]1C)oc1c(-c3ccccc3)c(F)ccc12. The Labute approximate surface area is 162 Å². The minimum atomic E-state index is -0.274. The number of furan rings is 1. The quantitative estimate of drug-likeness (QED) is 0.339. The van der Waals surface area contributed by atoms with Gasteiger partial charge in [0.25, 0.3) is 0 Å². The van der Waals surface area contributed by atoms with E-state index in [0.717, 1.165) is 38.7 Å². The van der Waals surface area contributed by atoms with Gasteiger partial charge in [-0.2, -0.15) is 0 Å². The minimum Gasteiger partial charge on any atom is -0.455 e. The van der Waals surface area contributed by atoms with Crippen molar-refractivity contribution < 1.29 is 13.4 Å². The Balaban J connectivity index is 1.83. The normalized spacial score (nSPS) is 11.4. The van der Waals surface area contributed by atoms with Crippen LogP contribution in [0.2, 0.25) is 0 Å². The summed E-state index contributed by atoms with van der Waals surface area (Å²) >= 11 is 0. The summed E-state index contributed by atoms with van der Waals surface area (Å²) in [4.78, 5) is 0. The maximum Gasteiger partial charge on any atom is 0.212 e. The van der Waals surface area contributed by atoms with Crippen LogP contribution < -0.4 is 4.57 Å². The number of benzene rings is 3. The van der Waals surface area contributed by atoms with Crippen molar-refractivity contribution in [1.82, 2.24) is 0 Å². The van der Waals surface area contributed by atoms with Crippen molar-refractivity contribution in [1.29, 1.82) is 0 Å². The Morgan fingerprint density at radius 1 is 0.857 bits per heavy atom. The standard InChI is InChI=1S/C25H19FNO/c1-16-14-20-18-11-12-21(26)24(17-8-4-3-5-9-17)25(18)28-23(20)15-19(16)22-10-6-7-13-27(22)2/h3-15H,1-2H3/q+1. The maximum atomic E-state index is 14.7. The third-order valence-corrected chi connectivity index (χ3v) is 5.33. The van der Waals surface area contributed by atoms with Gasteiger partial charge in [0.2, 0.25) is 5.69 Å². The van der Waals surface area contributed by atoms with Gasteiger partial charge >= 0.3 is 0 Å². The van der Waals surface area contributed by atoms with Crippen LogP contribution in [-0.4, -0.2) is 0 Å². The fourth-order valence-electron chi connectivity index (χ4n) is 3.92. The van der Waals surface area contributed by atoms with E-state index in [1.807, 2.05) is 61.8 Å². The Hall–Kier alpha value is -3.46. The van der Waals surface area contributed by atoms with Crippen molar-refractivity contribution in [2.75, 3.05) is 0 Å². The largest absolute Gasteiger partial charge is 0.455 e. The van der Waals surface area contributed by atoms with Crippen LogP contribution in [0, 0.1) is 12.7 Å². The summed E-state index contributed by atoms with van der Waals surface area (Å²) in [5.74, 6) is -0.274. The molecule has 0 aliphatic carbocycles. The van der Waals surface area contributed by atoms with E-state index in [1.54, 1.807) is 0 Å². The number of pyridine rings is 1. The van der Waals surface area contributed by atoms with E-state index in [9.17, 15) is 4.39 Å². The minimum absolute atomic E-state index is 0.274. The molecule has 0 atom stereocenters. The summed E-state index contributed by atoms with van der Waals surface area (Å²) in [6.45, 7) is 2.10. The van der Waals surface area contributed by atoms with Crippen LogP contribution in [0.15, 0.2) is 83.4 Å². The molecule has 0 aliphatic rings. The average molecular weight is 368 g/mol. The molecule has 3 aromatic carbocycles. The third kappa shape index (κ3) is 2.51. The number of halogens is 1. The first kappa shape index (κ1) is 16.7. The molecule has 0 amide bonds. The fraction of sp³-hybridized carbons (Fsp3) is 0.0800. The molecule has 0 N–H and O–H groups in total. The summed E-state index contributed by atoms with van der Waals surface area (Å²) in [5.41, 5.74) is 6.06. The molecule has 0 radical (unpaired) electrons. The number of hydrogen-bond acceptors (Lipinski definition) is 1. The molecule has 2 nitrogen and oxygen atoms in total. The van der Waals surface area contributed by atoms with Gasteiger partial charge in [-0.25, -0.2) is 8.96 Å². The van der Waals surface area contributed by atoms with E-state index in [0.29, 0.717) is 11.1 Å². The van der Waals surface area contributed by atoms with E-state index in [2.05, 4.69) is 29.7 Å². The second-order valence-electron chi connectivity index (χ2n) is 7.13. The van der Waals surface area contributed by atoms with Gasteiger partial charge in [-0.15, -0.1) is 0 Å². The Kier molecular flexibility index (Phi) is 3.76. The van der Waals surface area contributed by atoms with Crippen LogP contribution in [0.3, 0.4) is 0 Å². The molecule has 136 valence electrons. The molecule has 0 saturated carbocycles. The van der Waals surface area contributed by atoms with Crippen molar-refractivity contribution in [2.24, 2.45) is 7.05 Å². The molecule has 3 heteroatoms. The van der Waals surface area contributed by atoms with Gasteiger partial charge in [-0.3, -0.25) is 0 Å². The first-order valence-corrected chi connectivity index (χ1v) is 9.29. The number of fused-ring (bicyclic) bond motifs is 3. The molecule has 0 unspecified atom stereocenters. The smallest absolute Gasteiger partial charge is 0.212 e. The first-order chi connectivity index (χ1) is 13.6. The highest BCUT2D eigenvalue weighted by Gasteiger charge is 2.19. The second kappa shape index (κ2) is 6.31. The van der Waals surface area contributed by atoms with Crippen molar-refractivity contribution >= 4 is 21.9 Å². The van der Waals surface area contributed by atoms with E-state index in [4.69, 9.17) is 4.42 Å². The predicted octanol–water partition coefficient (Wildman–Crippen LogP) is 6.19. The maximum absolute atomic E-state index is 14.7. The molecule has 0 aliphatic heterocycles. The van der Waals surface area contributed by atoms with Crippen LogP contribution in [0.5, 0.6) is 0 Å². The second-order valence-corrected chi connectivity index (χ2v) is 7.13. The molecule has 2 heterocycles. The number of nitrogens with zero attached hydrogens (tertiary/aromatic N) is 1. The number of rotatable bonds is 2.